The second-order valence-electron chi connectivity index (χ2n) is 3.63. The van der Waals surface area contributed by atoms with Crippen LogP contribution in [0.15, 0.2) is 0 Å². The van der Waals surface area contributed by atoms with Crippen LogP contribution >= 0.6 is 11.8 Å². The third kappa shape index (κ3) is 1.57. The molecule has 64 valence electrons. The molecule has 2 bridgehead atoms. The van der Waals surface area contributed by atoms with Crippen molar-refractivity contribution in [2.24, 2.45) is 5.92 Å². The molecule has 0 aliphatic carbocycles. The van der Waals surface area contributed by atoms with E-state index in [-0.39, 0.29) is 0 Å². The highest BCUT2D eigenvalue weighted by Gasteiger charge is 2.33. The average Bonchev–Trinajstić information content (AvgIpc) is 2.07. The SMILES string of the molecule is CCS[C@@H]1CN2CCC1CC2. The van der Waals surface area contributed by atoms with Gasteiger partial charge in [0.1, 0.15) is 0 Å². The zero-order chi connectivity index (χ0) is 7.68. The molecule has 1 atom stereocenters. The molecule has 3 aliphatic heterocycles. The van der Waals surface area contributed by atoms with Gasteiger partial charge in [-0.15, -0.1) is 0 Å². The highest BCUT2D eigenvalue weighted by atomic mass is 32.2. The second kappa shape index (κ2) is 3.36. The van der Waals surface area contributed by atoms with Crippen molar-refractivity contribution in [1.82, 2.24) is 4.90 Å². The summed E-state index contributed by atoms with van der Waals surface area (Å²) in [6.07, 6.45) is 2.94. The van der Waals surface area contributed by atoms with Crippen LogP contribution in [0.2, 0.25) is 0 Å². The normalized spacial score (nSPS) is 42.8. The van der Waals surface area contributed by atoms with Gasteiger partial charge < -0.3 is 4.90 Å². The molecule has 0 unspecified atom stereocenters. The molecule has 3 fully saturated rings. The van der Waals surface area contributed by atoms with E-state index in [2.05, 4.69) is 23.6 Å². The van der Waals surface area contributed by atoms with Gasteiger partial charge in [0.2, 0.25) is 0 Å². The van der Waals surface area contributed by atoms with Crippen LogP contribution in [-0.4, -0.2) is 35.5 Å². The Balaban J connectivity index is 1.92. The first-order chi connectivity index (χ1) is 5.40. The van der Waals surface area contributed by atoms with Gasteiger partial charge in [0.05, 0.1) is 0 Å². The molecule has 0 spiro atoms. The van der Waals surface area contributed by atoms with Crippen LogP contribution in [-0.2, 0) is 0 Å². The molecule has 0 aromatic rings. The fraction of sp³-hybridized carbons (Fsp3) is 1.00. The van der Waals surface area contributed by atoms with Crippen LogP contribution in [0.25, 0.3) is 0 Å². The summed E-state index contributed by atoms with van der Waals surface area (Å²) >= 11 is 2.17. The van der Waals surface area contributed by atoms with Crippen molar-refractivity contribution in [3.8, 4) is 0 Å². The molecule has 0 aromatic heterocycles. The monoisotopic (exact) mass is 171 g/mol. The highest BCUT2D eigenvalue weighted by molar-refractivity contribution is 7.99. The quantitative estimate of drug-likeness (QED) is 0.623. The van der Waals surface area contributed by atoms with Gasteiger partial charge in [-0.05, 0) is 37.6 Å². The first kappa shape index (κ1) is 7.93. The van der Waals surface area contributed by atoms with Crippen LogP contribution < -0.4 is 0 Å². The predicted octanol–water partition coefficient (Wildman–Crippen LogP) is 1.83. The number of nitrogens with zero attached hydrogens (tertiary/aromatic N) is 1. The van der Waals surface area contributed by atoms with E-state index in [0.29, 0.717) is 0 Å². The maximum absolute atomic E-state index is 2.63. The molecule has 2 heteroatoms. The van der Waals surface area contributed by atoms with Crippen LogP contribution in [0, 0.1) is 5.92 Å². The third-order valence-corrected chi connectivity index (χ3v) is 4.27. The van der Waals surface area contributed by atoms with Crippen molar-refractivity contribution in [3.05, 3.63) is 0 Å². The Morgan fingerprint density at radius 2 is 2.09 bits per heavy atom. The first-order valence-corrected chi connectivity index (χ1v) is 5.79. The minimum Gasteiger partial charge on any atom is -0.302 e. The summed E-state index contributed by atoms with van der Waals surface area (Å²) in [5, 5.41) is 0.975. The number of piperidine rings is 3. The number of hydrogen-bond acceptors (Lipinski definition) is 2. The summed E-state index contributed by atoms with van der Waals surface area (Å²) in [6, 6.07) is 0. The summed E-state index contributed by atoms with van der Waals surface area (Å²) in [6.45, 7) is 6.42. The van der Waals surface area contributed by atoms with Crippen molar-refractivity contribution in [3.63, 3.8) is 0 Å². The van der Waals surface area contributed by atoms with E-state index in [1.54, 1.807) is 0 Å². The molecule has 3 heterocycles. The first-order valence-electron chi connectivity index (χ1n) is 4.74. The lowest BCUT2D eigenvalue weighted by Gasteiger charge is -2.44. The Labute approximate surface area is 73.5 Å². The number of fused-ring (bicyclic) bond motifs is 3. The Morgan fingerprint density at radius 3 is 2.55 bits per heavy atom. The number of thioether (sulfide) groups is 1. The average molecular weight is 171 g/mol. The minimum absolute atomic E-state index is 0.975. The van der Waals surface area contributed by atoms with Gasteiger partial charge in [-0.3, -0.25) is 0 Å². The molecule has 0 saturated carbocycles. The smallest absolute Gasteiger partial charge is 0.0204 e. The largest absolute Gasteiger partial charge is 0.302 e. The van der Waals surface area contributed by atoms with Crippen molar-refractivity contribution < 1.29 is 0 Å². The fourth-order valence-electron chi connectivity index (χ4n) is 2.31. The summed E-state index contributed by atoms with van der Waals surface area (Å²) in [4.78, 5) is 2.63. The lowest BCUT2D eigenvalue weighted by atomic mass is 9.88. The lowest BCUT2D eigenvalue weighted by molar-refractivity contribution is 0.118. The van der Waals surface area contributed by atoms with E-state index in [9.17, 15) is 0 Å². The van der Waals surface area contributed by atoms with Crippen LogP contribution in [0.5, 0.6) is 0 Å². The summed E-state index contributed by atoms with van der Waals surface area (Å²) < 4.78 is 0. The molecule has 0 amide bonds. The number of hydrogen-bond donors (Lipinski definition) is 0. The van der Waals surface area contributed by atoms with E-state index in [4.69, 9.17) is 0 Å². The molecule has 1 nitrogen and oxygen atoms in total. The minimum atomic E-state index is 0.975. The molecule has 11 heavy (non-hydrogen) atoms. The fourth-order valence-corrected chi connectivity index (χ4v) is 3.60. The topological polar surface area (TPSA) is 3.24 Å². The maximum Gasteiger partial charge on any atom is 0.0204 e. The van der Waals surface area contributed by atoms with Crippen molar-refractivity contribution >= 4 is 11.8 Å². The predicted molar refractivity (Wildman–Crippen MR) is 51.1 cm³/mol. The molecular formula is C9H17NS. The summed E-state index contributed by atoms with van der Waals surface area (Å²) in [5.41, 5.74) is 0. The van der Waals surface area contributed by atoms with E-state index in [1.165, 1.54) is 38.2 Å². The van der Waals surface area contributed by atoms with Crippen molar-refractivity contribution in [2.45, 2.75) is 25.0 Å². The summed E-state index contributed by atoms with van der Waals surface area (Å²) in [7, 11) is 0. The molecule has 3 rings (SSSR count). The van der Waals surface area contributed by atoms with Gasteiger partial charge in [0.15, 0.2) is 0 Å². The Morgan fingerprint density at radius 1 is 1.36 bits per heavy atom. The molecule has 0 aromatic carbocycles. The standard InChI is InChI=1S/C9H17NS/c1-2-11-9-7-10-5-3-8(9)4-6-10/h8-9H,2-7H2,1H3/t9-/m1/s1. The summed E-state index contributed by atoms with van der Waals surface area (Å²) in [5.74, 6) is 2.36. The van der Waals surface area contributed by atoms with Crippen molar-refractivity contribution in [1.29, 1.82) is 0 Å². The number of rotatable bonds is 2. The maximum atomic E-state index is 2.63. The van der Waals surface area contributed by atoms with Gasteiger partial charge in [-0.1, -0.05) is 6.92 Å². The molecular weight excluding hydrogens is 154 g/mol. The Bertz CT molecular complexity index is 130. The van der Waals surface area contributed by atoms with Crippen LogP contribution in [0.1, 0.15) is 19.8 Å². The Kier molecular flexibility index (Phi) is 2.42. The third-order valence-electron chi connectivity index (χ3n) is 2.98. The second-order valence-corrected chi connectivity index (χ2v) is 5.15. The Hall–Kier alpha value is 0.310. The van der Waals surface area contributed by atoms with Crippen molar-refractivity contribution in [2.75, 3.05) is 25.4 Å². The van der Waals surface area contributed by atoms with Crippen LogP contribution in [0.3, 0.4) is 0 Å². The highest BCUT2D eigenvalue weighted by Crippen LogP contribution is 2.34. The van der Waals surface area contributed by atoms with E-state index in [0.717, 1.165) is 11.2 Å². The van der Waals surface area contributed by atoms with E-state index in [1.807, 2.05) is 0 Å². The van der Waals surface area contributed by atoms with Gasteiger partial charge >= 0.3 is 0 Å². The molecule has 0 radical (unpaired) electrons. The zero-order valence-electron chi connectivity index (χ0n) is 7.25. The molecule has 3 saturated heterocycles. The van der Waals surface area contributed by atoms with Crippen LogP contribution in [0.4, 0.5) is 0 Å². The molecule has 3 aliphatic rings. The molecule has 0 N–H and O–H groups in total. The lowest BCUT2D eigenvalue weighted by Crippen LogP contribution is -2.49. The van der Waals surface area contributed by atoms with E-state index < -0.39 is 0 Å². The van der Waals surface area contributed by atoms with Gasteiger partial charge in [0, 0.05) is 11.8 Å². The van der Waals surface area contributed by atoms with Gasteiger partial charge in [0.25, 0.3) is 0 Å². The zero-order valence-corrected chi connectivity index (χ0v) is 8.07. The van der Waals surface area contributed by atoms with E-state index >= 15 is 0 Å². The van der Waals surface area contributed by atoms with Gasteiger partial charge in [-0.25, -0.2) is 0 Å². The van der Waals surface area contributed by atoms with Gasteiger partial charge in [-0.2, -0.15) is 11.8 Å².